The van der Waals surface area contributed by atoms with Crippen molar-refractivity contribution < 1.29 is 9.59 Å². The third-order valence-electron chi connectivity index (χ3n) is 6.70. The van der Waals surface area contributed by atoms with E-state index in [0.29, 0.717) is 34.6 Å². The van der Waals surface area contributed by atoms with Gasteiger partial charge in [-0.25, -0.2) is 4.68 Å². The summed E-state index contributed by atoms with van der Waals surface area (Å²) in [5, 5.41) is 18.6. The Kier molecular flexibility index (Phi) is 6.61. The van der Waals surface area contributed by atoms with Crippen molar-refractivity contribution in [3.05, 3.63) is 27.8 Å². The van der Waals surface area contributed by atoms with Crippen molar-refractivity contribution >= 4 is 51.3 Å². The number of aryl methyl sites for hydroxylation is 3. The molecule has 34 heavy (non-hydrogen) atoms. The van der Waals surface area contributed by atoms with Crippen LogP contribution in [0.4, 0.5) is 10.8 Å². The molecular formula is C24H32N6O2S2. The molecule has 2 aromatic rings. The molecule has 2 saturated carbocycles. The van der Waals surface area contributed by atoms with Crippen LogP contribution in [0.15, 0.2) is 6.07 Å². The minimum atomic E-state index is -0.0702. The standard InChI is InChI=1S/C24H32N6O2S2/c1-3-30-19(10-13(2)29-30)27-24(33)26-16-8-9-18-17(11-16)20(22(32)25-12-14-4-5-14)23(34-18)28-21(31)15-6-7-15/h10,14-16H,3-9,11-12H2,1-2H3,(H,25,32)(H,28,31)(H2,26,27,33)/t16-/m0/s1. The molecule has 1 atom stereocenters. The van der Waals surface area contributed by atoms with Crippen LogP contribution in [0.1, 0.15) is 65.5 Å². The fourth-order valence-corrected chi connectivity index (χ4v) is 5.98. The maximum absolute atomic E-state index is 13.2. The lowest BCUT2D eigenvalue weighted by Gasteiger charge is -2.25. The van der Waals surface area contributed by atoms with Gasteiger partial charge in [-0.2, -0.15) is 5.10 Å². The van der Waals surface area contributed by atoms with E-state index in [2.05, 4.69) is 26.4 Å². The average Bonchev–Trinajstić information content (AvgIpc) is 3.72. The maximum atomic E-state index is 13.2. The van der Waals surface area contributed by atoms with Crippen molar-refractivity contribution in [3.8, 4) is 0 Å². The number of thiocarbonyl (C=S) groups is 1. The average molecular weight is 501 g/mol. The molecule has 182 valence electrons. The summed E-state index contributed by atoms with van der Waals surface area (Å²) in [4.78, 5) is 26.9. The number of carbonyl (C=O) groups excluding carboxylic acids is 2. The Morgan fingerprint density at radius 1 is 1.21 bits per heavy atom. The van der Waals surface area contributed by atoms with Crippen LogP contribution < -0.4 is 21.3 Å². The summed E-state index contributed by atoms with van der Waals surface area (Å²) in [6.07, 6.45) is 6.71. The Hall–Kier alpha value is -2.46. The lowest BCUT2D eigenvalue weighted by molar-refractivity contribution is -0.117. The second-order valence-electron chi connectivity index (χ2n) is 9.65. The number of fused-ring (bicyclic) bond motifs is 1. The number of aromatic nitrogens is 2. The third-order valence-corrected chi connectivity index (χ3v) is 8.13. The van der Waals surface area contributed by atoms with Gasteiger partial charge in [0.05, 0.1) is 11.3 Å². The minimum absolute atomic E-state index is 0.0396. The monoisotopic (exact) mass is 500 g/mol. The topological polar surface area (TPSA) is 100 Å². The highest BCUT2D eigenvalue weighted by Crippen LogP contribution is 2.40. The lowest BCUT2D eigenvalue weighted by Crippen LogP contribution is -2.41. The van der Waals surface area contributed by atoms with Crippen LogP contribution in [-0.4, -0.2) is 39.3 Å². The Morgan fingerprint density at radius 2 is 2.00 bits per heavy atom. The van der Waals surface area contributed by atoms with Crippen LogP contribution in [0.3, 0.4) is 0 Å². The fraction of sp³-hybridized carbons (Fsp3) is 0.583. The molecule has 3 aliphatic rings. The van der Waals surface area contributed by atoms with E-state index in [9.17, 15) is 9.59 Å². The molecule has 0 radical (unpaired) electrons. The smallest absolute Gasteiger partial charge is 0.254 e. The first-order valence-electron chi connectivity index (χ1n) is 12.3. The largest absolute Gasteiger partial charge is 0.359 e. The number of hydrogen-bond acceptors (Lipinski definition) is 5. The highest BCUT2D eigenvalue weighted by Gasteiger charge is 2.34. The third kappa shape index (κ3) is 5.27. The van der Waals surface area contributed by atoms with E-state index in [1.807, 2.05) is 24.6 Å². The van der Waals surface area contributed by atoms with E-state index in [4.69, 9.17) is 12.2 Å². The molecule has 3 aliphatic carbocycles. The normalized spacial score (nSPS) is 19.3. The molecule has 2 heterocycles. The molecule has 0 unspecified atom stereocenters. The molecule has 0 spiro atoms. The summed E-state index contributed by atoms with van der Waals surface area (Å²) in [5.41, 5.74) is 2.64. The van der Waals surface area contributed by atoms with Crippen molar-refractivity contribution in [2.75, 3.05) is 17.2 Å². The van der Waals surface area contributed by atoms with Gasteiger partial charge in [0.25, 0.3) is 5.91 Å². The molecule has 10 heteroatoms. The number of carbonyl (C=O) groups is 2. The molecular weight excluding hydrogens is 468 g/mol. The van der Waals surface area contributed by atoms with Gasteiger partial charge < -0.3 is 21.3 Å². The number of anilines is 2. The highest BCUT2D eigenvalue weighted by molar-refractivity contribution is 7.80. The zero-order valence-corrected chi connectivity index (χ0v) is 21.3. The van der Waals surface area contributed by atoms with Gasteiger partial charge in [-0.3, -0.25) is 9.59 Å². The van der Waals surface area contributed by atoms with Gasteiger partial charge in [0.15, 0.2) is 5.11 Å². The molecule has 8 nitrogen and oxygen atoms in total. The Bertz CT molecular complexity index is 1120. The Balaban J connectivity index is 1.30. The quantitative estimate of drug-likeness (QED) is 0.413. The SMILES string of the molecule is CCn1nc(C)cc1NC(=S)N[C@H]1CCc2sc(NC(=O)C3CC3)c(C(=O)NCC3CC3)c2C1. The van der Waals surface area contributed by atoms with E-state index in [0.717, 1.165) is 49.3 Å². The number of rotatable bonds is 8. The number of nitrogens with zero attached hydrogens (tertiary/aromatic N) is 2. The number of hydrogen-bond donors (Lipinski definition) is 4. The van der Waals surface area contributed by atoms with E-state index < -0.39 is 0 Å². The first-order chi connectivity index (χ1) is 16.4. The summed E-state index contributed by atoms with van der Waals surface area (Å²) in [6, 6.07) is 2.09. The summed E-state index contributed by atoms with van der Waals surface area (Å²) in [7, 11) is 0. The first-order valence-corrected chi connectivity index (χ1v) is 13.5. The summed E-state index contributed by atoms with van der Waals surface area (Å²) < 4.78 is 1.89. The zero-order valence-electron chi connectivity index (χ0n) is 19.7. The van der Waals surface area contributed by atoms with E-state index in [1.165, 1.54) is 17.7 Å². The van der Waals surface area contributed by atoms with Gasteiger partial charge in [-0.05, 0) is 82.5 Å². The van der Waals surface area contributed by atoms with Gasteiger partial charge >= 0.3 is 0 Å². The second kappa shape index (κ2) is 9.65. The summed E-state index contributed by atoms with van der Waals surface area (Å²) in [6.45, 7) is 5.47. The molecule has 0 saturated heterocycles. The van der Waals surface area contributed by atoms with Crippen molar-refractivity contribution in [2.45, 2.75) is 71.4 Å². The van der Waals surface area contributed by atoms with Crippen LogP contribution in [0.2, 0.25) is 0 Å². The lowest BCUT2D eigenvalue weighted by atomic mass is 9.91. The van der Waals surface area contributed by atoms with Gasteiger partial charge in [-0.15, -0.1) is 11.3 Å². The Labute approximate surface area is 209 Å². The number of amides is 2. The Morgan fingerprint density at radius 3 is 2.71 bits per heavy atom. The molecule has 2 fully saturated rings. The van der Waals surface area contributed by atoms with Crippen LogP contribution in [0.5, 0.6) is 0 Å². The summed E-state index contributed by atoms with van der Waals surface area (Å²) in [5.74, 6) is 1.53. The van der Waals surface area contributed by atoms with Crippen molar-refractivity contribution in [3.63, 3.8) is 0 Å². The first kappa shape index (κ1) is 23.3. The molecule has 2 amide bonds. The van der Waals surface area contributed by atoms with Crippen LogP contribution in [0, 0.1) is 18.8 Å². The maximum Gasteiger partial charge on any atom is 0.254 e. The van der Waals surface area contributed by atoms with E-state index in [1.54, 1.807) is 11.3 Å². The van der Waals surface area contributed by atoms with Crippen LogP contribution in [-0.2, 0) is 24.2 Å². The fourth-order valence-electron chi connectivity index (χ4n) is 4.47. The van der Waals surface area contributed by atoms with Crippen molar-refractivity contribution in [2.24, 2.45) is 11.8 Å². The van der Waals surface area contributed by atoms with E-state index in [-0.39, 0.29) is 23.8 Å². The molecule has 0 bridgehead atoms. The second-order valence-corrected chi connectivity index (χ2v) is 11.2. The van der Waals surface area contributed by atoms with Gasteiger partial charge in [0.1, 0.15) is 10.8 Å². The van der Waals surface area contributed by atoms with Crippen molar-refractivity contribution in [1.29, 1.82) is 0 Å². The van der Waals surface area contributed by atoms with Gasteiger partial charge in [0.2, 0.25) is 5.91 Å². The van der Waals surface area contributed by atoms with Gasteiger partial charge in [0, 0.05) is 36.0 Å². The van der Waals surface area contributed by atoms with E-state index >= 15 is 0 Å². The van der Waals surface area contributed by atoms with Gasteiger partial charge in [-0.1, -0.05) is 0 Å². The predicted molar refractivity (Wildman–Crippen MR) is 139 cm³/mol. The molecule has 4 N–H and O–H groups in total. The highest BCUT2D eigenvalue weighted by atomic mass is 32.1. The van der Waals surface area contributed by atoms with Crippen LogP contribution in [0.25, 0.3) is 0 Å². The molecule has 2 aromatic heterocycles. The zero-order chi connectivity index (χ0) is 23.8. The van der Waals surface area contributed by atoms with Crippen LogP contribution >= 0.6 is 23.6 Å². The number of nitrogens with one attached hydrogen (secondary N) is 4. The summed E-state index contributed by atoms with van der Waals surface area (Å²) >= 11 is 7.16. The van der Waals surface area contributed by atoms with Crippen molar-refractivity contribution in [1.82, 2.24) is 20.4 Å². The molecule has 0 aromatic carbocycles. The predicted octanol–water partition coefficient (Wildman–Crippen LogP) is 3.61. The molecule has 5 rings (SSSR count). The minimum Gasteiger partial charge on any atom is -0.359 e. The number of thiophene rings is 1. The molecule has 0 aliphatic heterocycles.